The molecule has 1 saturated heterocycles. The summed E-state index contributed by atoms with van der Waals surface area (Å²) in [5, 5.41) is 8.73. The quantitative estimate of drug-likeness (QED) is 0.631. The molecule has 2 unspecified atom stereocenters. The molecule has 1 radical (unpaired) electrons. The first-order valence-corrected chi connectivity index (χ1v) is 4.77. The standard InChI is InChI=1S/C11H12O5.Na/c1-14-7-4-3-6(5-8(7)15-2)9-10(16-9)11(12)13;/h3-5,9-10H,1-2H3,(H,12,13);. The minimum Gasteiger partial charge on any atom is -0.493 e. The second kappa shape index (κ2) is 5.73. The van der Waals surface area contributed by atoms with Gasteiger partial charge >= 0.3 is 5.97 Å². The molecule has 1 aliphatic heterocycles. The second-order valence-corrected chi connectivity index (χ2v) is 3.43. The molecule has 2 rings (SSSR count). The molecule has 2 atom stereocenters. The van der Waals surface area contributed by atoms with Gasteiger partial charge in [0.2, 0.25) is 0 Å². The van der Waals surface area contributed by atoms with Crippen molar-refractivity contribution < 1.29 is 24.1 Å². The van der Waals surface area contributed by atoms with E-state index in [0.29, 0.717) is 11.5 Å². The van der Waals surface area contributed by atoms with E-state index in [1.54, 1.807) is 25.3 Å². The first-order chi connectivity index (χ1) is 7.67. The van der Waals surface area contributed by atoms with Gasteiger partial charge in [-0.2, -0.15) is 0 Å². The van der Waals surface area contributed by atoms with E-state index in [9.17, 15) is 4.79 Å². The summed E-state index contributed by atoms with van der Waals surface area (Å²) in [6.45, 7) is 0. The van der Waals surface area contributed by atoms with Crippen molar-refractivity contribution in [1.29, 1.82) is 0 Å². The molecule has 17 heavy (non-hydrogen) atoms. The molecule has 6 heteroatoms. The molecule has 87 valence electrons. The van der Waals surface area contributed by atoms with Crippen LogP contribution in [0.1, 0.15) is 11.7 Å². The van der Waals surface area contributed by atoms with Crippen molar-refractivity contribution >= 4 is 35.5 Å². The van der Waals surface area contributed by atoms with Crippen LogP contribution in [-0.4, -0.2) is 61.0 Å². The second-order valence-electron chi connectivity index (χ2n) is 3.43. The summed E-state index contributed by atoms with van der Waals surface area (Å²) >= 11 is 0. The fraction of sp³-hybridized carbons (Fsp3) is 0.364. The Morgan fingerprint density at radius 3 is 2.41 bits per heavy atom. The van der Waals surface area contributed by atoms with E-state index in [0.717, 1.165) is 5.56 Å². The van der Waals surface area contributed by atoms with E-state index in [-0.39, 0.29) is 35.7 Å². The van der Waals surface area contributed by atoms with Crippen molar-refractivity contribution in [3.05, 3.63) is 23.8 Å². The molecule has 0 amide bonds. The van der Waals surface area contributed by atoms with Crippen LogP contribution >= 0.6 is 0 Å². The Hall–Kier alpha value is -0.750. The maximum Gasteiger partial charge on any atom is 0.335 e. The van der Waals surface area contributed by atoms with Crippen molar-refractivity contribution in [3.63, 3.8) is 0 Å². The Labute approximate surface area is 121 Å². The number of epoxide rings is 1. The molecule has 0 aromatic heterocycles. The molecular weight excluding hydrogens is 235 g/mol. The molecule has 1 N–H and O–H groups in total. The van der Waals surface area contributed by atoms with Crippen LogP contribution in [0, 0.1) is 0 Å². The fourth-order valence-corrected chi connectivity index (χ4v) is 1.58. The zero-order chi connectivity index (χ0) is 11.7. The molecule has 0 aliphatic carbocycles. The molecule has 0 bridgehead atoms. The van der Waals surface area contributed by atoms with Crippen molar-refractivity contribution in [1.82, 2.24) is 0 Å². The number of benzene rings is 1. The van der Waals surface area contributed by atoms with Gasteiger partial charge in [0.15, 0.2) is 17.6 Å². The summed E-state index contributed by atoms with van der Waals surface area (Å²) in [5.41, 5.74) is 0.782. The third-order valence-corrected chi connectivity index (χ3v) is 2.47. The van der Waals surface area contributed by atoms with Crippen LogP contribution in [0.15, 0.2) is 18.2 Å². The zero-order valence-corrected chi connectivity index (χ0v) is 12.0. The molecule has 1 heterocycles. The molecule has 0 spiro atoms. The molecule has 1 aromatic carbocycles. The van der Waals surface area contributed by atoms with Gasteiger partial charge in [0.25, 0.3) is 0 Å². The Morgan fingerprint density at radius 1 is 1.29 bits per heavy atom. The number of aliphatic carboxylic acids is 1. The van der Waals surface area contributed by atoms with Crippen molar-refractivity contribution in [2.75, 3.05) is 14.2 Å². The number of carboxylic acids is 1. The van der Waals surface area contributed by atoms with E-state index in [1.807, 2.05) is 0 Å². The van der Waals surface area contributed by atoms with Crippen molar-refractivity contribution in [2.45, 2.75) is 12.2 Å². The average molecular weight is 247 g/mol. The zero-order valence-electron chi connectivity index (χ0n) is 9.97. The van der Waals surface area contributed by atoms with Crippen molar-refractivity contribution in [2.24, 2.45) is 0 Å². The molecule has 1 aliphatic rings. The topological polar surface area (TPSA) is 68.3 Å². The van der Waals surface area contributed by atoms with Gasteiger partial charge in [-0.25, -0.2) is 4.79 Å². The Kier molecular flexibility index (Phi) is 4.82. The van der Waals surface area contributed by atoms with Gasteiger partial charge in [0.1, 0.15) is 6.10 Å². The third kappa shape index (κ3) is 2.93. The van der Waals surface area contributed by atoms with Gasteiger partial charge in [-0.1, -0.05) is 6.07 Å². The Balaban J connectivity index is 0.00000144. The van der Waals surface area contributed by atoms with E-state index in [4.69, 9.17) is 19.3 Å². The van der Waals surface area contributed by atoms with Gasteiger partial charge in [0.05, 0.1) is 14.2 Å². The van der Waals surface area contributed by atoms with E-state index in [1.165, 1.54) is 7.11 Å². The average Bonchev–Trinajstić information content (AvgIpc) is 3.08. The van der Waals surface area contributed by atoms with Gasteiger partial charge in [-0.05, 0) is 17.7 Å². The smallest absolute Gasteiger partial charge is 0.335 e. The summed E-state index contributed by atoms with van der Waals surface area (Å²) < 4.78 is 15.2. The molecule has 1 fully saturated rings. The molecular formula is C11H12NaO5. The monoisotopic (exact) mass is 247 g/mol. The van der Waals surface area contributed by atoms with Crippen LogP contribution < -0.4 is 9.47 Å². The van der Waals surface area contributed by atoms with Crippen LogP contribution in [0.4, 0.5) is 0 Å². The number of carbonyl (C=O) groups is 1. The van der Waals surface area contributed by atoms with Crippen LogP contribution in [0.3, 0.4) is 0 Å². The molecule has 0 saturated carbocycles. The SMILES string of the molecule is COc1ccc(C2OC2C(=O)O)cc1OC.[Na]. The first-order valence-electron chi connectivity index (χ1n) is 4.77. The summed E-state index contributed by atoms with van der Waals surface area (Å²) in [6, 6.07) is 5.23. The predicted molar refractivity (Wildman–Crippen MR) is 60.5 cm³/mol. The van der Waals surface area contributed by atoms with Crippen LogP contribution in [0.2, 0.25) is 0 Å². The minimum atomic E-state index is -0.945. The maximum absolute atomic E-state index is 10.6. The van der Waals surface area contributed by atoms with Gasteiger partial charge in [-0.15, -0.1) is 0 Å². The van der Waals surface area contributed by atoms with Crippen LogP contribution in [-0.2, 0) is 9.53 Å². The number of ether oxygens (including phenoxy) is 3. The van der Waals surface area contributed by atoms with Gasteiger partial charge in [0, 0.05) is 29.6 Å². The number of methoxy groups -OCH3 is 2. The predicted octanol–water partition coefficient (Wildman–Crippen LogP) is 0.847. The minimum absolute atomic E-state index is 0. The van der Waals surface area contributed by atoms with Crippen LogP contribution in [0.5, 0.6) is 11.5 Å². The number of rotatable bonds is 4. The summed E-state index contributed by atoms with van der Waals surface area (Å²) in [4.78, 5) is 10.6. The Morgan fingerprint density at radius 2 is 1.94 bits per heavy atom. The number of hydrogen-bond acceptors (Lipinski definition) is 4. The van der Waals surface area contributed by atoms with E-state index in [2.05, 4.69) is 0 Å². The van der Waals surface area contributed by atoms with E-state index < -0.39 is 12.1 Å². The summed E-state index contributed by atoms with van der Waals surface area (Å²) in [7, 11) is 3.08. The van der Waals surface area contributed by atoms with Gasteiger partial charge < -0.3 is 19.3 Å². The van der Waals surface area contributed by atoms with Crippen LogP contribution in [0.25, 0.3) is 0 Å². The summed E-state index contributed by atoms with van der Waals surface area (Å²) in [5.74, 6) is 0.234. The molecule has 1 aromatic rings. The number of carboxylic acid groups (broad SMARTS) is 1. The normalized spacial score (nSPS) is 21.3. The Bertz CT molecular complexity index is 420. The number of hydrogen-bond donors (Lipinski definition) is 1. The molecule has 5 nitrogen and oxygen atoms in total. The largest absolute Gasteiger partial charge is 0.493 e. The maximum atomic E-state index is 10.6. The van der Waals surface area contributed by atoms with Crippen molar-refractivity contribution in [3.8, 4) is 11.5 Å². The van der Waals surface area contributed by atoms with E-state index >= 15 is 0 Å². The fourth-order valence-electron chi connectivity index (χ4n) is 1.58. The van der Waals surface area contributed by atoms with Gasteiger partial charge in [-0.3, -0.25) is 0 Å². The third-order valence-electron chi connectivity index (χ3n) is 2.47. The first kappa shape index (κ1) is 14.3. The summed E-state index contributed by atoms with van der Waals surface area (Å²) in [6.07, 6.45) is -1.12.